The van der Waals surface area contributed by atoms with Crippen LogP contribution in [0.3, 0.4) is 0 Å². The van der Waals surface area contributed by atoms with Gasteiger partial charge in [0.1, 0.15) is 12.4 Å². The molecule has 9 heteroatoms. The first kappa shape index (κ1) is 17.8. The van der Waals surface area contributed by atoms with E-state index in [1.165, 1.54) is 24.8 Å². The molecule has 2 amide bonds. The summed E-state index contributed by atoms with van der Waals surface area (Å²) in [6.45, 7) is 1.49. The molecule has 3 aromatic rings. The molecule has 1 aliphatic carbocycles. The van der Waals surface area contributed by atoms with E-state index >= 15 is 0 Å². The van der Waals surface area contributed by atoms with E-state index in [0.29, 0.717) is 17.9 Å². The molecule has 0 fully saturated rings. The van der Waals surface area contributed by atoms with Gasteiger partial charge in [-0.1, -0.05) is 0 Å². The lowest BCUT2D eigenvalue weighted by molar-refractivity contribution is 0.262. The Morgan fingerprint density at radius 3 is 2.83 bits per heavy atom. The monoisotopic (exact) mass is 392 g/mol. The number of nitrogens with one attached hydrogen (secondary N) is 2. The van der Waals surface area contributed by atoms with Crippen molar-refractivity contribution in [3.8, 4) is 0 Å². The molecule has 0 unspecified atom stereocenters. The highest BCUT2D eigenvalue weighted by molar-refractivity contribution is 5.99. The van der Waals surface area contributed by atoms with Gasteiger partial charge >= 0.3 is 6.03 Å². The minimum atomic E-state index is -0.304. The number of aryl methyl sites for hydroxylation is 3. The summed E-state index contributed by atoms with van der Waals surface area (Å²) in [6.07, 6.45) is 12.9. The summed E-state index contributed by atoms with van der Waals surface area (Å²) in [4.78, 5) is 16.8. The quantitative estimate of drug-likeness (QED) is 0.711. The van der Waals surface area contributed by atoms with Crippen molar-refractivity contribution in [1.29, 1.82) is 0 Å². The molecule has 3 aromatic heterocycles. The molecule has 2 N–H and O–H groups in total. The van der Waals surface area contributed by atoms with E-state index in [-0.39, 0.29) is 6.03 Å². The lowest BCUT2D eigenvalue weighted by atomic mass is 9.96. The zero-order valence-electron chi connectivity index (χ0n) is 16.3. The number of carbonyl (C=O) groups is 1. The summed E-state index contributed by atoms with van der Waals surface area (Å²) in [6, 6.07) is 1.72. The highest BCUT2D eigenvalue weighted by Gasteiger charge is 2.16. The fourth-order valence-corrected chi connectivity index (χ4v) is 4.09. The molecule has 4 heterocycles. The third kappa shape index (κ3) is 3.85. The number of nitrogens with zero attached hydrogens (tertiary/aromatic N) is 6. The summed E-state index contributed by atoms with van der Waals surface area (Å²) >= 11 is 0. The fraction of sp³-hybridized carbons (Fsp3) is 0.450. The third-order valence-corrected chi connectivity index (χ3v) is 5.56. The van der Waals surface area contributed by atoms with Crippen molar-refractivity contribution < 1.29 is 4.79 Å². The molecular formula is C20H24N8O. The molecule has 150 valence electrons. The van der Waals surface area contributed by atoms with Gasteiger partial charge in [0.05, 0.1) is 23.8 Å². The Balaban J connectivity index is 1.21. The number of urea groups is 1. The van der Waals surface area contributed by atoms with Gasteiger partial charge in [-0.05, 0) is 50.2 Å². The lowest BCUT2D eigenvalue weighted by Crippen LogP contribution is -2.20. The average Bonchev–Trinajstić information content (AvgIpc) is 3.35. The molecule has 29 heavy (non-hydrogen) atoms. The standard InChI is InChI=1S/C20H24N8O/c29-20(23-15-9-14-5-1-2-6-17(14)21-10-15)24-16-11-22-27(12-16)13-19-26-25-18-7-3-4-8-28(18)19/h9-12H,1-8,13H2,(H2,23,24,29). The predicted octanol–water partition coefficient (Wildman–Crippen LogP) is 2.78. The molecule has 0 saturated heterocycles. The topological polar surface area (TPSA) is 103 Å². The number of hydrogen-bond donors (Lipinski definition) is 2. The summed E-state index contributed by atoms with van der Waals surface area (Å²) in [5.74, 6) is 1.95. The number of aromatic nitrogens is 6. The van der Waals surface area contributed by atoms with Crippen LogP contribution in [0.15, 0.2) is 24.7 Å². The largest absolute Gasteiger partial charge is 0.323 e. The van der Waals surface area contributed by atoms with Gasteiger partial charge < -0.3 is 15.2 Å². The molecule has 0 aromatic carbocycles. The minimum absolute atomic E-state index is 0.304. The molecule has 2 aliphatic rings. The van der Waals surface area contributed by atoms with Crippen molar-refractivity contribution in [1.82, 2.24) is 29.5 Å². The van der Waals surface area contributed by atoms with Crippen LogP contribution >= 0.6 is 0 Å². The zero-order valence-corrected chi connectivity index (χ0v) is 16.3. The highest BCUT2D eigenvalue weighted by atomic mass is 16.2. The van der Waals surface area contributed by atoms with E-state index in [1.807, 2.05) is 6.07 Å². The van der Waals surface area contributed by atoms with Gasteiger partial charge in [-0.25, -0.2) is 4.79 Å². The Morgan fingerprint density at radius 2 is 1.86 bits per heavy atom. The van der Waals surface area contributed by atoms with Gasteiger partial charge in [0.25, 0.3) is 0 Å². The molecule has 9 nitrogen and oxygen atoms in total. The van der Waals surface area contributed by atoms with Gasteiger partial charge in [-0.15, -0.1) is 10.2 Å². The zero-order chi connectivity index (χ0) is 19.6. The Bertz CT molecular complexity index is 1040. The molecule has 0 atom stereocenters. The van der Waals surface area contributed by atoms with Crippen molar-refractivity contribution >= 4 is 17.4 Å². The molecule has 0 radical (unpaired) electrons. The Morgan fingerprint density at radius 1 is 1.00 bits per heavy atom. The van der Waals surface area contributed by atoms with Gasteiger partial charge in [0, 0.05) is 24.9 Å². The summed E-state index contributed by atoms with van der Waals surface area (Å²) < 4.78 is 3.94. The van der Waals surface area contributed by atoms with Crippen LogP contribution in [-0.4, -0.2) is 35.6 Å². The number of hydrogen-bond acceptors (Lipinski definition) is 5. The molecule has 5 rings (SSSR count). The second-order valence-corrected chi connectivity index (χ2v) is 7.68. The maximum Gasteiger partial charge on any atom is 0.323 e. The number of amides is 2. The summed E-state index contributed by atoms with van der Waals surface area (Å²) in [7, 11) is 0. The predicted molar refractivity (Wildman–Crippen MR) is 108 cm³/mol. The van der Waals surface area contributed by atoms with Crippen LogP contribution in [0, 0.1) is 0 Å². The summed E-state index contributed by atoms with van der Waals surface area (Å²) in [5.41, 5.74) is 3.73. The first-order valence-corrected chi connectivity index (χ1v) is 10.2. The van der Waals surface area contributed by atoms with Gasteiger partial charge in [-0.2, -0.15) is 5.10 Å². The van der Waals surface area contributed by atoms with E-state index in [0.717, 1.165) is 49.6 Å². The van der Waals surface area contributed by atoms with E-state index in [2.05, 4.69) is 35.5 Å². The number of carbonyl (C=O) groups excluding carboxylic acids is 1. The molecule has 0 bridgehead atoms. The SMILES string of the molecule is O=C(Nc1cnc2c(c1)CCCC2)Nc1cnn(Cc2nnc3n2CCCC3)c1. The minimum Gasteiger partial charge on any atom is -0.313 e. The molecule has 0 spiro atoms. The molecule has 0 saturated carbocycles. The highest BCUT2D eigenvalue weighted by Crippen LogP contribution is 2.22. The van der Waals surface area contributed by atoms with Crippen molar-refractivity contribution in [2.75, 3.05) is 10.6 Å². The van der Waals surface area contributed by atoms with Crippen molar-refractivity contribution in [3.63, 3.8) is 0 Å². The smallest absolute Gasteiger partial charge is 0.313 e. The van der Waals surface area contributed by atoms with Crippen LogP contribution < -0.4 is 10.6 Å². The Hall–Kier alpha value is -3.23. The second-order valence-electron chi connectivity index (χ2n) is 7.68. The second kappa shape index (κ2) is 7.65. The van der Waals surface area contributed by atoms with E-state index < -0.39 is 0 Å². The summed E-state index contributed by atoms with van der Waals surface area (Å²) in [5, 5.41) is 18.6. The number of pyridine rings is 1. The Kier molecular flexibility index (Phi) is 4.71. The number of anilines is 2. The van der Waals surface area contributed by atoms with Crippen LogP contribution in [-0.2, 0) is 32.4 Å². The van der Waals surface area contributed by atoms with Gasteiger partial charge in [0.15, 0.2) is 5.82 Å². The first-order valence-electron chi connectivity index (χ1n) is 10.2. The van der Waals surface area contributed by atoms with E-state index in [9.17, 15) is 4.79 Å². The van der Waals surface area contributed by atoms with Crippen molar-refractivity contribution in [3.05, 3.63) is 47.6 Å². The van der Waals surface area contributed by atoms with Crippen molar-refractivity contribution in [2.24, 2.45) is 0 Å². The van der Waals surface area contributed by atoms with Crippen LogP contribution in [0.4, 0.5) is 16.2 Å². The normalized spacial score (nSPS) is 15.4. The van der Waals surface area contributed by atoms with Crippen molar-refractivity contribution in [2.45, 2.75) is 58.0 Å². The Labute approximate surface area is 168 Å². The maximum absolute atomic E-state index is 12.4. The number of fused-ring (bicyclic) bond motifs is 2. The number of rotatable bonds is 4. The van der Waals surface area contributed by atoms with E-state index in [4.69, 9.17) is 0 Å². The van der Waals surface area contributed by atoms with E-state index in [1.54, 1.807) is 23.3 Å². The molecular weight excluding hydrogens is 368 g/mol. The first-order chi connectivity index (χ1) is 14.2. The fourth-order valence-electron chi connectivity index (χ4n) is 4.09. The van der Waals surface area contributed by atoms with Crippen LogP contribution in [0.5, 0.6) is 0 Å². The van der Waals surface area contributed by atoms with Crippen LogP contribution in [0.1, 0.15) is 48.6 Å². The van der Waals surface area contributed by atoms with Gasteiger partial charge in [-0.3, -0.25) is 9.67 Å². The molecule has 1 aliphatic heterocycles. The van der Waals surface area contributed by atoms with Crippen LogP contribution in [0.2, 0.25) is 0 Å². The lowest BCUT2D eigenvalue weighted by Gasteiger charge is -2.15. The average molecular weight is 392 g/mol. The maximum atomic E-state index is 12.4. The van der Waals surface area contributed by atoms with Crippen LogP contribution in [0.25, 0.3) is 0 Å². The third-order valence-electron chi connectivity index (χ3n) is 5.56. The van der Waals surface area contributed by atoms with Gasteiger partial charge in [0.2, 0.25) is 0 Å².